The maximum absolute atomic E-state index is 8.20. The number of rotatable bonds is 3. The van der Waals surface area contributed by atoms with Gasteiger partial charge in [-0.1, -0.05) is 23.3 Å². The summed E-state index contributed by atoms with van der Waals surface area (Å²) in [5.41, 5.74) is 14.4. The lowest BCUT2D eigenvalue weighted by Gasteiger charge is -2.14. The van der Waals surface area contributed by atoms with Crippen LogP contribution >= 0.6 is 0 Å². The molecule has 1 atom stereocenters. The van der Waals surface area contributed by atoms with Crippen LogP contribution < -0.4 is 5.73 Å². The van der Waals surface area contributed by atoms with Gasteiger partial charge in [0.05, 0.1) is 0 Å². The molecule has 0 saturated heterocycles. The molecular formula is C8H12N4. The first kappa shape index (κ1) is 8.84. The van der Waals surface area contributed by atoms with Gasteiger partial charge >= 0.3 is 0 Å². The Labute approximate surface area is 71.4 Å². The van der Waals surface area contributed by atoms with Crippen LogP contribution in [0, 0.1) is 5.92 Å². The van der Waals surface area contributed by atoms with Crippen molar-refractivity contribution >= 4 is 0 Å². The molecule has 4 nitrogen and oxygen atoms in total. The predicted molar refractivity (Wildman–Crippen MR) is 48.1 cm³/mol. The molecule has 0 aromatic carbocycles. The third-order valence-corrected chi connectivity index (χ3v) is 1.85. The smallest absolute Gasteiger partial charge is 0.0156 e. The number of allylic oxidation sites excluding steroid dienone is 4. The molecular weight excluding hydrogens is 152 g/mol. The number of nitrogens with two attached hydrogens (primary N) is 1. The zero-order chi connectivity index (χ0) is 8.81. The lowest BCUT2D eigenvalue weighted by atomic mass is 9.95. The van der Waals surface area contributed by atoms with Crippen LogP contribution in [0.4, 0.5) is 0 Å². The third kappa shape index (κ3) is 2.42. The second kappa shape index (κ2) is 4.59. The standard InChI is InChI=1S/C8H12N4/c9-5-4-7-2-1-3-8(6-7)11-12-10/h1-3,7H,4-6,9H2. The van der Waals surface area contributed by atoms with Crippen molar-refractivity contribution in [3.63, 3.8) is 0 Å². The third-order valence-electron chi connectivity index (χ3n) is 1.85. The maximum atomic E-state index is 8.20. The molecule has 0 bridgehead atoms. The van der Waals surface area contributed by atoms with Crippen molar-refractivity contribution < 1.29 is 0 Å². The zero-order valence-electron chi connectivity index (χ0n) is 6.85. The Kier molecular flexibility index (Phi) is 3.38. The molecule has 64 valence electrons. The first-order valence-electron chi connectivity index (χ1n) is 3.99. The van der Waals surface area contributed by atoms with Crippen LogP contribution in [0.1, 0.15) is 12.8 Å². The predicted octanol–water partition coefficient (Wildman–Crippen LogP) is 2.11. The minimum atomic E-state index is 0.445. The van der Waals surface area contributed by atoms with E-state index in [4.69, 9.17) is 11.3 Å². The van der Waals surface area contributed by atoms with Gasteiger partial charge in [-0.15, -0.1) is 0 Å². The Balaban J connectivity index is 2.54. The van der Waals surface area contributed by atoms with Crippen LogP contribution in [0.25, 0.3) is 10.4 Å². The van der Waals surface area contributed by atoms with Crippen molar-refractivity contribution in [3.05, 3.63) is 34.4 Å². The van der Waals surface area contributed by atoms with Crippen LogP contribution in [-0.2, 0) is 0 Å². The molecule has 0 spiro atoms. The molecule has 0 saturated carbocycles. The highest BCUT2D eigenvalue weighted by atomic mass is 15.1. The molecule has 1 unspecified atom stereocenters. The van der Waals surface area contributed by atoms with Gasteiger partial charge in [0, 0.05) is 10.6 Å². The summed E-state index contributed by atoms with van der Waals surface area (Å²) in [5, 5.41) is 3.57. The highest BCUT2D eigenvalue weighted by Crippen LogP contribution is 2.21. The topological polar surface area (TPSA) is 74.8 Å². The van der Waals surface area contributed by atoms with E-state index in [1.807, 2.05) is 12.2 Å². The molecule has 0 aromatic rings. The van der Waals surface area contributed by atoms with Crippen LogP contribution in [0.2, 0.25) is 0 Å². The number of hydrogen-bond acceptors (Lipinski definition) is 2. The van der Waals surface area contributed by atoms with E-state index in [-0.39, 0.29) is 0 Å². The molecule has 0 amide bonds. The fraction of sp³-hybridized carbons (Fsp3) is 0.500. The molecule has 1 aliphatic carbocycles. The molecule has 0 aromatic heterocycles. The van der Waals surface area contributed by atoms with Crippen LogP contribution in [0.3, 0.4) is 0 Å². The average Bonchev–Trinajstić information content (AvgIpc) is 2.06. The maximum Gasteiger partial charge on any atom is 0.0156 e. The van der Waals surface area contributed by atoms with Crippen molar-refractivity contribution in [1.82, 2.24) is 0 Å². The fourth-order valence-corrected chi connectivity index (χ4v) is 1.27. The van der Waals surface area contributed by atoms with Crippen molar-refractivity contribution in [1.29, 1.82) is 0 Å². The van der Waals surface area contributed by atoms with Gasteiger partial charge in [-0.2, -0.15) is 0 Å². The monoisotopic (exact) mass is 164 g/mol. The normalized spacial score (nSPS) is 21.4. The van der Waals surface area contributed by atoms with E-state index in [0.717, 1.165) is 18.5 Å². The average molecular weight is 164 g/mol. The van der Waals surface area contributed by atoms with Crippen LogP contribution in [0.15, 0.2) is 29.0 Å². The van der Waals surface area contributed by atoms with Gasteiger partial charge in [0.25, 0.3) is 0 Å². The summed E-state index contributed by atoms with van der Waals surface area (Å²) in [4.78, 5) is 2.75. The molecule has 0 aliphatic heterocycles. The van der Waals surface area contributed by atoms with Crippen molar-refractivity contribution in [2.24, 2.45) is 16.8 Å². The minimum Gasteiger partial charge on any atom is -0.330 e. The van der Waals surface area contributed by atoms with Crippen LogP contribution in [-0.4, -0.2) is 6.54 Å². The van der Waals surface area contributed by atoms with Gasteiger partial charge in [0.1, 0.15) is 0 Å². The summed E-state index contributed by atoms with van der Waals surface area (Å²) in [6.07, 6.45) is 7.64. The van der Waals surface area contributed by atoms with Gasteiger partial charge < -0.3 is 5.73 Å². The molecule has 12 heavy (non-hydrogen) atoms. The first-order chi connectivity index (χ1) is 5.86. The van der Waals surface area contributed by atoms with E-state index in [1.165, 1.54) is 0 Å². The summed E-state index contributed by atoms with van der Waals surface area (Å²) in [6.45, 7) is 0.679. The molecule has 1 aliphatic rings. The Morgan fingerprint density at radius 1 is 1.75 bits per heavy atom. The Morgan fingerprint density at radius 3 is 3.25 bits per heavy atom. The summed E-state index contributed by atoms with van der Waals surface area (Å²) >= 11 is 0. The van der Waals surface area contributed by atoms with Crippen molar-refractivity contribution in [3.8, 4) is 0 Å². The van der Waals surface area contributed by atoms with E-state index >= 15 is 0 Å². The van der Waals surface area contributed by atoms with Gasteiger partial charge in [0.15, 0.2) is 0 Å². The van der Waals surface area contributed by atoms with E-state index in [2.05, 4.69) is 16.1 Å². The van der Waals surface area contributed by atoms with Crippen molar-refractivity contribution in [2.45, 2.75) is 12.8 Å². The first-order valence-corrected chi connectivity index (χ1v) is 3.99. The molecule has 1 rings (SSSR count). The molecule has 0 heterocycles. The van der Waals surface area contributed by atoms with Gasteiger partial charge in [-0.25, -0.2) is 0 Å². The second-order valence-corrected chi connectivity index (χ2v) is 2.77. The van der Waals surface area contributed by atoms with E-state index < -0.39 is 0 Å². The number of hydrogen-bond donors (Lipinski definition) is 1. The van der Waals surface area contributed by atoms with E-state index in [1.54, 1.807) is 0 Å². The second-order valence-electron chi connectivity index (χ2n) is 2.77. The minimum absolute atomic E-state index is 0.445. The van der Waals surface area contributed by atoms with Gasteiger partial charge in [-0.3, -0.25) is 0 Å². The Hall–Kier alpha value is -1.25. The Bertz CT molecular complexity index is 248. The quantitative estimate of drug-likeness (QED) is 0.387. The molecule has 4 heteroatoms. The number of nitrogens with zero attached hydrogens (tertiary/aromatic N) is 3. The molecule has 2 N–H and O–H groups in total. The number of azide groups is 1. The summed E-state index contributed by atoms with van der Waals surface area (Å²) < 4.78 is 0. The SMILES string of the molecule is [N-]=[N+]=NC1=CC=CC(CCN)C1. The fourth-order valence-electron chi connectivity index (χ4n) is 1.27. The van der Waals surface area contributed by atoms with E-state index in [0.29, 0.717) is 12.5 Å². The largest absolute Gasteiger partial charge is 0.330 e. The highest BCUT2D eigenvalue weighted by molar-refractivity contribution is 5.18. The zero-order valence-corrected chi connectivity index (χ0v) is 6.85. The lowest BCUT2D eigenvalue weighted by molar-refractivity contribution is 0.584. The summed E-state index contributed by atoms with van der Waals surface area (Å²) in [5.74, 6) is 0.445. The molecule has 0 fully saturated rings. The van der Waals surface area contributed by atoms with Crippen LogP contribution in [0.5, 0.6) is 0 Å². The Morgan fingerprint density at radius 2 is 2.58 bits per heavy atom. The lowest BCUT2D eigenvalue weighted by Crippen LogP contribution is -2.08. The molecule has 0 radical (unpaired) electrons. The van der Waals surface area contributed by atoms with Gasteiger partial charge in [0.2, 0.25) is 0 Å². The highest BCUT2D eigenvalue weighted by Gasteiger charge is 2.08. The van der Waals surface area contributed by atoms with Crippen molar-refractivity contribution in [2.75, 3.05) is 6.54 Å². The van der Waals surface area contributed by atoms with Gasteiger partial charge in [-0.05, 0) is 30.8 Å². The summed E-state index contributed by atoms with van der Waals surface area (Å²) in [7, 11) is 0. The summed E-state index contributed by atoms with van der Waals surface area (Å²) in [6, 6.07) is 0. The van der Waals surface area contributed by atoms with E-state index in [9.17, 15) is 0 Å².